The Morgan fingerprint density at radius 1 is 1.29 bits per heavy atom. The van der Waals surface area contributed by atoms with Gasteiger partial charge in [0.25, 0.3) is 0 Å². The van der Waals surface area contributed by atoms with Crippen molar-refractivity contribution in [3.63, 3.8) is 0 Å². The van der Waals surface area contributed by atoms with Crippen LogP contribution in [0.3, 0.4) is 0 Å². The zero-order chi connectivity index (χ0) is 10.1. The second-order valence-corrected chi connectivity index (χ2v) is 3.79. The predicted molar refractivity (Wildman–Crippen MR) is 57.5 cm³/mol. The Labute approximate surface area is 82.9 Å². The van der Waals surface area contributed by atoms with Crippen LogP contribution in [0.1, 0.15) is 24.3 Å². The number of nitrogens with one attached hydrogen (secondary N) is 1. The van der Waals surface area contributed by atoms with Crippen LogP contribution in [0.15, 0.2) is 30.3 Å². The molecule has 0 fully saturated rings. The summed E-state index contributed by atoms with van der Waals surface area (Å²) in [5, 5.41) is 1.09. The molecule has 0 saturated carbocycles. The normalized spacial score (nSPS) is 11.1. The molecule has 2 nitrogen and oxygen atoms in total. The Bertz CT molecular complexity index is 435. The van der Waals surface area contributed by atoms with Gasteiger partial charge < -0.3 is 4.98 Å². The highest BCUT2D eigenvalue weighted by atomic mass is 16.1. The van der Waals surface area contributed by atoms with Crippen molar-refractivity contribution in [2.75, 3.05) is 0 Å². The summed E-state index contributed by atoms with van der Waals surface area (Å²) in [7, 11) is 0. The standard InChI is InChI=1S/C12H13NO/c1-8(2)12(14)11-7-9-5-3-4-6-10(9)13-11/h3-8,13H,1-2H3. The summed E-state index contributed by atoms with van der Waals surface area (Å²) in [5.41, 5.74) is 1.73. The molecule has 1 heterocycles. The number of benzene rings is 1. The maximum atomic E-state index is 11.7. The Morgan fingerprint density at radius 2 is 2.00 bits per heavy atom. The number of fused-ring (bicyclic) bond motifs is 1. The lowest BCUT2D eigenvalue weighted by atomic mass is 10.1. The minimum absolute atomic E-state index is 0.0445. The van der Waals surface area contributed by atoms with Crippen molar-refractivity contribution in [2.24, 2.45) is 5.92 Å². The van der Waals surface area contributed by atoms with E-state index in [1.54, 1.807) is 0 Å². The van der Waals surface area contributed by atoms with E-state index in [0.29, 0.717) is 5.69 Å². The van der Waals surface area contributed by atoms with Gasteiger partial charge in [-0.15, -0.1) is 0 Å². The van der Waals surface area contributed by atoms with E-state index in [-0.39, 0.29) is 11.7 Å². The molecule has 0 aliphatic rings. The highest BCUT2D eigenvalue weighted by molar-refractivity contribution is 6.00. The van der Waals surface area contributed by atoms with Gasteiger partial charge in [-0.25, -0.2) is 0 Å². The van der Waals surface area contributed by atoms with E-state index in [1.165, 1.54) is 0 Å². The van der Waals surface area contributed by atoms with Crippen LogP contribution >= 0.6 is 0 Å². The van der Waals surface area contributed by atoms with E-state index in [4.69, 9.17) is 0 Å². The number of para-hydroxylation sites is 1. The molecule has 0 amide bonds. The average Bonchev–Trinajstić information content (AvgIpc) is 2.59. The lowest BCUT2D eigenvalue weighted by Crippen LogP contribution is -2.07. The molecule has 0 radical (unpaired) electrons. The first-order valence-electron chi connectivity index (χ1n) is 4.80. The molecule has 1 aromatic carbocycles. The van der Waals surface area contributed by atoms with E-state index in [2.05, 4.69) is 4.98 Å². The fourth-order valence-corrected chi connectivity index (χ4v) is 1.52. The molecule has 1 aromatic heterocycles. The van der Waals surface area contributed by atoms with Crippen molar-refractivity contribution >= 4 is 16.7 Å². The predicted octanol–water partition coefficient (Wildman–Crippen LogP) is 3.01. The maximum Gasteiger partial charge on any atom is 0.181 e. The van der Waals surface area contributed by atoms with Crippen LogP contribution in [0.2, 0.25) is 0 Å². The van der Waals surface area contributed by atoms with Crippen molar-refractivity contribution < 1.29 is 4.79 Å². The first kappa shape index (κ1) is 9.00. The summed E-state index contributed by atoms with van der Waals surface area (Å²) in [6, 6.07) is 9.83. The van der Waals surface area contributed by atoms with Gasteiger partial charge in [-0.05, 0) is 12.1 Å². The Kier molecular flexibility index (Phi) is 2.12. The van der Waals surface area contributed by atoms with E-state index in [0.717, 1.165) is 10.9 Å². The van der Waals surface area contributed by atoms with E-state index in [9.17, 15) is 4.79 Å². The molecule has 0 atom stereocenters. The fraction of sp³-hybridized carbons (Fsp3) is 0.250. The van der Waals surface area contributed by atoms with Crippen molar-refractivity contribution in [3.05, 3.63) is 36.0 Å². The number of carbonyl (C=O) groups excluding carboxylic acids is 1. The van der Waals surface area contributed by atoms with Crippen LogP contribution in [0.5, 0.6) is 0 Å². The fourth-order valence-electron chi connectivity index (χ4n) is 1.52. The highest BCUT2D eigenvalue weighted by Crippen LogP contribution is 2.16. The van der Waals surface area contributed by atoms with Crippen molar-refractivity contribution in [3.8, 4) is 0 Å². The smallest absolute Gasteiger partial charge is 0.181 e. The monoisotopic (exact) mass is 187 g/mol. The number of carbonyl (C=O) groups is 1. The number of hydrogen-bond acceptors (Lipinski definition) is 1. The quantitative estimate of drug-likeness (QED) is 0.720. The molecule has 0 aliphatic carbocycles. The molecule has 0 bridgehead atoms. The molecule has 0 aliphatic heterocycles. The van der Waals surface area contributed by atoms with Gasteiger partial charge in [-0.1, -0.05) is 32.0 Å². The van der Waals surface area contributed by atoms with Gasteiger partial charge in [0.2, 0.25) is 0 Å². The average molecular weight is 187 g/mol. The third-order valence-electron chi connectivity index (χ3n) is 2.32. The minimum Gasteiger partial charge on any atom is -0.352 e. The number of aromatic nitrogens is 1. The van der Waals surface area contributed by atoms with Crippen LogP contribution < -0.4 is 0 Å². The van der Waals surface area contributed by atoms with Crippen LogP contribution in [-0.2, 0) is 0 Å². The van der Waals surface area contributed by atoms with Crippen LogP contribution in [-0.4, -0.2) is 10.8 Å². The largest absolute Gasteiger partial charge is 0.352 e. The van der Waals surface area contributed by atoms with Crippen LogP contribution in [0.25, 0.3) is 10.9 Å². The Balaban J connectivity index is 2.50. The Hall–Kier alpha value is -1.57. The van der Waals surface area contributed by atoms with Crippen molar-refractivity contribution in [1.82, 2.24) is 4.98 Å². The summed E-state index contributed by atoms with van der Waals surface area (Å²) < 4.78 is 0. The van der Waals surface area contributed by atoms with E-state index in [1.807, 2.05) is 44.2 Å². The van der Waals surface area contributed by atoms with Gasteiger partial charge in [0.05, 0.1) is 5.69 Å². The molecule has 2 rings (SSSR count). The summed E-state index contributed by atoms with van der Waals surface area (Å²) in [6.07, 6.45) is 0. The van der Waals surface area contributed by atoms with Gasteiger partial charge >= 0.3 is 0 Å². The summed E-state index contributed by atoms with van der Waals surface area (Å²) in [6.45, 7) is 3.82. The summed E-state index contributed by atoms with van der Waals surface area (Å²) in [4.78, 5) is 14.8. The number of aromatic amines is 1. The molecule has 2 aromatic rings. The number of ketones is 1. The zero-order valence-corrected chi connectivity index (χ0v) is 8.37. The molecular weight excluding hydrogens is 174 g/mol. The first-order chi connectivity index (χ1) is 6.68. The third kappa shape index (κ3) is 1.43. The van der Waals surface area contributed by atoms with E-state index < -0.39 is 0 Å². The van der Waals surface area contributed by atoms with Gasteiger partial charge in [0, 0.05) is 16.8 Å². The lowest BCUT2D eigenvalue weighted by molar-refractivity contribution is 0.0935. The molecule has 72 valence electrons. The van der Waals surface area contributed by atoms with Gasteiger partial charge in [0.15, 0.2) is 5.78 Å². The number of Topliss-reactive ketones (excluding diaryl/α,β-unsaturated/α-hetero) is 1. The highest BCUT2D eigenvalue weighted by Gasteiger charge is 2.12. The number of rotatable bonds is 2. The third-order valence-corrected chi connectivity index (χ3v) is 2.32. The summed E-state index contributed by atoms with van der Waals surface area (Å²) in [5.74, 6) is 0.212. The molecule has 0 spiro atoms. The molecule has 2 heteroatoms. The molecule has 1 N–H and O–H groups in total. The van der Waals surface area contributed by atoms with Crippen LogP contribution in [0.4, 0.5) is 0 Å². The summed E-state index contributed by atoms with van der Waals surface area (Å²) >= 11 is 0. The SMILES string of the molecule is CC(C)C(=O)c1cc2ccccc2[nH]1. The van der Waals surface area contributed by atoms with Gasteiger partial charge in [-0.2, -0.15) is 0 Å². The first-order valence-corrected chi connectivity index (χ1v) is 4.80. The van der Waals surface area contributed by atoms with Gasteiger partial charge in [0.1, 0.15) is 0 Å². The number of hydrogen-bond donors (Lipinski definition) is 1. The Morgan fingerprint density at radius 3 is 2.64 bits per heavy atom. The van der Waals surface area contributed by atoms with Gasteiger partial charge in [-0.3, -0.25) is 4.79 Å². The lowest BCUT2D eigenvalue weighted by Gasteiger charge is -1.99. The second-order valence-electron chi connectivity index (χ2n) is 3.79. The molecular formula is C12H13NO. The molecule has 14 heavy (non-hydrogen) atoms. The number of H-pyrrole nitrogens is 1. The van der Waals surface area contributed by atoms with Crippen molar-refractivity contribution in [2.45, 2.75) is 13.8 Å². The van der Waals surface area contributed by atoms with E-state index >= 15 is 0 Å². The maximum absolute atomic E-state index is 11.7. The molecule has 0 unspecified atom stereocenters. The second kappa shape index (κ2) is 3.29. The minimum atomic E-state index is 0.0445. The van der Waals surface area contributed by atoms with Crippen molar-refractivity contribution in [1.29, 1.82) is 0 Å². The van der Waals surface area contributed by atoms with Crippen LogP contribution in [0, 0.1) is 5.92 Å². The zero-order valence-electron chi connectivity index (χ0n) is 8.37. The molecule has 0 saturated heterocycles. The topological polar surface area (TPSA) is 32.9 Å².